The van der Waals surface area contributed by atoms with Crippen LogP contribution in [0.15, 0.2) is 42.9 Å². The van der Waals surface area contributed by atoms with Gasteiger partial charge in [0.1, 0.15) is 11.4 Å². The molecule has 2 heterocycles. The summed E-state index contributed by atoms with van der Waals surface area (Å²) in [7, 11) is 0. The second kappa shape index (κ2) is 4.74. The number of ketones is 1. The van der Waals surface area contributed by atoms with Gasteiger partial charge in [0.05, 0.1) is 12.9 Å². The Morgan fingerprint density at radius 3 is 3.05 bits per heavy atom. The third kappa shape index (κ3) is 2.00. The SMILES string of the molecule is O=C(c1ccc2c3c(ccc2c1)OCCC3)c1c[nH]cn1. The maximum absolute atomic E-state index is 12.3. The first-order chi connectivity index (χ1) is 10.3. The smallest absolute Gasteiger partial charge is 0.212 e. The molecule has 4 rings (SSSR count). The molecule has 1 N–H and O–H groups in total. The van der Waals surface area contributed by atoms with Crippen LogP contribution in [0.2, 0.25) is 0 Å². The molecule has 2 aromatic carbocycles. The number of hydrogen-bond acceptors (Lipinski definition) is 3. The number of carbonyl (C=O) groups is 1. The highest BCUT2D eigenvalue weighted by molar-refractivity contribution is 6.09. The lowest BCUT2D eigenvalue weighted by atomic mass is 9.96. The van der Waals surface area contributed by atoms with Crippen LogP contribution < -0.4 is 4.74 Å². The number of aryl methyl sites for hydroxylation is 1. The molecule has 1 aliphatic heterocycles. The van der Waals surface area contributed by atoms with Crippen LogP contribution in [0.3, 0.4) is 0 Å². The number of benzene rings is 2. The first-order valence-corrected chi connectivity index (χ1v) is 7.05. The van der Waals surface area contributed by atoms with Gasteiger partial charge in [0, 0.05) is 17.3 Å². The highest BCUT2D eigenvalue weighted by atomic mass is 16.5. The molecular formula is C17H14N2O2. The van der Waals surface area contributed by atoms with Crippen LogP contribution >= 0.6 is 0 Å². The third-order valence-corrected chi connectivity index (χ3v) is 3.91. The molecular weight excluding hydrogens is 264 g/mol. The molecule has 0 bridgehead atoms. The molecule has 0 aliphatic carbocycles. The van der Waals surface area contributed by atoms with Crippen molar-refractivity contribution >= 4 is 16.6 Å². The van der Waals surface area contributed by atoms with E-state index in [0.717, 1.165) is 30.6 Å². The van der Waals surface area contributed by atoms with Crippen molar-refractivity contribution in [3.63, 3.8) is 0 Å². The predicted octanol–water partition coefficient (Wildman–Crippen LogP) is 3.12. The van der Waals surface area contributed by atoms with E-state index >= 15 is 0 Å². The molecule has 1 aliphatic rings. The summed E-state index contributed by atoms with van der Waals surface area (Å²) in [5, 5.41) is 2.24. The zero-order valence-electron chi connectivity index (χ0n) is 11.4. The van der Waals surface area contributed by atoms with Crippen molar-refractivity contribution < 1.29 is 9.53 Å². The van der Waals surface area contributed by atoms with Crippen molar-refractivity contribution in [1.82, 2.24) is 9.97 Å². The number of ether oxygens (including phenoxy) is 1. The molecule has 0 spiro atoms. The standard InChI is InChI=1S/C17H14N2O2/c20-17(15-9-18-10-19-15)12-3-5-13-11(8-12)4-6-16-14(13)2-1-7-21-16/h3-6,8-10H,1-2,7H2,(H,18,19). The van der Waals surface area contributed by atoms with Crippen LogP contribution in [0.1, 0.15) is 28.0 Å². The van der Waals surface area contributed by atoms with Crippen LogP contribution in [-0.4, -0.2) is 22.4 Å². The van der Waals surface area contributed by atoms with Gasteiger partial charge in [-0.05, 0) is 35.7 Å². The maximum Gasteiger partial charge on any atom is 0.212 e. The van der Waals surface area contributed by atoms with Crippen molar-refractivity contribution in [2.24, 2.45) is 0 Å². The summed E-state index contributed by atoms with van der Waals surface area (Å²) in [6, 6.07) is 9.83. The van der Waals surface area contributed by atoms with E-state index in [1.165, 1.54) is 17.3 Å². The molecule has 0 atom stereocenters. The second-order valence-corrected chi connectivity index (χ2v) is 5.21. The fraction of sp³-hybridized carbons (Fsp3) is 0.176. The molecule has 0 radical (unpaired) electrons. The van der Waals surface area contributed by atoms with Crippen molar-refractivity contribution in [2.75, 3.05) is 6.61 Å². The number of aromatic amines is 1. The van der Waals surface area contributed by atoms with Gasteiger partial charge in [-0.25, -0.2) is 4.98 Å². The minimum Gasteiger partial charge on any atom is -0.493 e. The molecule has 21 heavy (non-hydrogen) atoms. The van der Waals surface area contributed by atoms with Crippen LogP contribution in [0.25, 0.3) is 10.8 Å². The molecule has 0 unspecified atom stereocenters. The van der Waals surface area contributed by atoms with Gasteiger partial charge in [-0.3, -0.25) is 4.79 Å². The summed E-state index contributed by atoms with van der Waals surface area (Å²) >= 11 is 0. The van der Waals surface area contributed by atoms with E-state index in [4.69, 9.17) is 4.74 Å². The van der Waals surface area contributed by atoms with Gasteiger partial charge in [-0.1, -0.05) is 18.2 Å². The molecule has 104 valence electrons. The number of fused-ring (bicyclic) bond motifs is 3. The Morgan fingerprint density at radius 2 is 2.19 bits per heavy atom. The minimum absolute atomic E-state index is 0.0629. The van der Waals surface area contributed by atoms with E-state index in [9.17, 15) is 4.79 Å². The lowest BCUT2D eigenvalue weighted by Crippen LogP contribution is -2.08. The maximum atomic E-state index is 12.3. The van der Waals surface area contributed by atoms with Gasteiger partial charge in [0.2, 0.25) is 5.78 Å². The summed E-state index contributed by atoms with van der Waals surface area (Å²) in [5.41, 5.74) is 2.35. The Bertz CT molecular complexity index is 822. The number of rotatable bonds is 2. The summed E-state index contributed by atoms with van der Waals surface area (Å²) in [4.78, 5) is 19.2. The van der Waals surface area contributed by atoms with E-state index in [0.29, 0.717) is 11.3 Å². The van der Waals surface area contributed by atoms with Gasteiger partial charge in [0.25, 0.3) is 0 Å². The fourth-order valence-corrected chi connectivity index (χ4v) is 2.87. The van der Waals surface area contributed by atoms with Crippen LogP contribution in [0, 0.1) is 0 Å². The largest absolute Gasteiger partial charge is 0.493 e. The van der Waals surface area contributed by atoms with Gasteiger partial charge in [-0.2, -0.15) is 0 Å². The molecule has 0 amide bonds. The molecule has 4 heteroatoms. The number of aromatic nitrogens is 2. The Balaban J connectivity index is 1.82. The second-order valence-electron chi connectivity index (χ2n) is 5.21. The first-order valence-electron chi connectivity index (χ1n) is 7.05. The highest BCUT2D eigenvalue weighted by Gasteiger charge is 2.16. The number of H-pyrrole nitrogens is 1. The molecule has 0 saturated heterocycles. The summed E-state index contributed by atoms with van der Waals surface area (Å²) in [6.45, 7) is 0.786. The Kier molecular flexibility index (Phi) is 2.74. The topological polar surface area (TPSA) is 55.0 Å². The average molecular weight is 278 g/mol. The molecule has 4 nitrogen and oxygen atoms in total. The zero-order valence-corrected chi connectivity index (χ0v) is 11.4. The number of imidazole rings is 1. The van der Waals surface area contributed by atoms with Crippen molar-refractivity contribution in [1.29, 1.82) is 0 Å². The summed E-state index contributed by atoms with van der Waals surface area (Å²) in [5.74, 6) is 0.909. The molecule has 0 fully saturated rings. The van der Waals surface area contributed by atoms with Gasteiger partial charge in [0.15, 0.2) is 0 Å². The van der Waals surface area contributed by atoms with E-state index in [1.54, 1.807) is 6.20 Å². The summed E-state index contributed by atoms with van der Waals surface area (Å²) < 4.78 is 5.69. The lowest BCUT2D eigenvalue weighted by Gasteiger charge is -2.19. The number of nitrogens with one attached hydrogen (secondary N) is 1. The third-order valence-electron chi connectivity index (χ3n) is 3.91. The van der Waals surface area contributed by atoms with Crippen LogP contribution in [-0.2, 0) is 6.42 Å². The Labute approximate surface area is 121 Å². The minimum atomic E-state index is -0.0629. The van der Waals surface area contributed by atoms with Crippen LogP contribution in [0.5, 0.6) is 5.75 Å². The average Bonchev–Trinajstić information content (AvgIpc) is 3.08. The highest BCUT2D eigenvalue weighted by Crippen LogP contribution is 2.32. The zero-order chi connectivity index (χ0) is 14.2. The summed E-state index contributed by atoms with van der Waals surface area (Å²) in [6.07, 6.45) is 5.20. The van der Waals surface area contributed by atoms with Gasteiger partial charge >= 0.3 is 0 Å². The Morgan fingerprint density at radius 1 is 1.24 bits per heavy atom. The van der Waals surface area contributed by atoms with Crippen molar-refractivity contribution in [2.45, 2.75) is 12.8 Å². The molecule has 1 aromatic heterocycles. The quantitative estimate of drug-likeness (QED) is 0.733. The van der Waals surface area contributed by atoms with Gasteiger partial charge < -0.3 is 9.72 Å². The number of nitrogens with zero attached hydrogens (tertiary/aromatic N) is 1. The van der Waals surface area contributed by atoms with Gasteiger partial charge in [-0.15, -0.1) is 0 Å². The molecule has 0 saturated carbocycles. The van der Waals surface area contributed by atoms with E-state index in [2.05, 4.69) is 9.97 Å². The fourth-order valence-electron chi connectivity index (χ4n) is 2.87. The number of hydrogen-bond donors (Lipinski definition) is 1. The van der Waals surface area contributed by atoms with Crippen molar-refractivity contribution in [3.05, 3.63) is 59.7 Å². The van der Waals surface area contributed by atoms with E-state index in [-0.39, 0.29) is 5.78 Å². The normalized spacial score (nSPS) is 13.7. The first kappa shape index (κ1) is 12.1. The van der Waals surface area contributed by atoms with Crippen LogP contribution in [0.4, 0.5) is 0 Å². The predicted molar refractivity (Wildman–Crippen MR) is 79.8 cm³/mol. The number of carbonyl (C=O) groups excluding carboxylic acids is 1. The van der Waals surface area contributed by atoms with Crippen molar-refractivity contribution in [3.8, 4) is 5.75 Å². The monoisotopic (exact) mass is 278 g/mol. The molecule has 3 aromatic rings. The lowest BCUT2D eigenvalue weighted by molar-refractivity contribution is 0.103. The van der Waals surface area contributed by atoms with E-state index in [1.807, 2.05) is 30.3 Å². The Hall–Kier alpha value is -2.62. The van der Waals surface area contributed by atoms with E-state index < -0.39 is 0 Å².